The Balaban J connectivity index is 2.45. The summed E-state index contributed by atoms with van der Waals surface area (Å²) < 4.78 is 5.14. The van der Waals surface area contributed by atoms with Gasteiger partial charge in [0.25, 0.3) is 0 Å². The highest BCUT2D eigenvalue weighted by molar-refractivity contribution is 5.90. The van der Waals surface area contributed by atoms with Crippen molar-refractivity contribution in [3.63, 3.8) is 0 Å². The quantitative estimate of drug-likeness (QED) is 0.757. The summed E-state index contributed by atoms with van der Waals surface area (Å²) in [7, 11) is 1.61. The third-order valence-corrected chi connectivity index (χ3v) is 2.34. The molecule has 1 aromatic heterocycles. The molecular weight excluding hydrogens is 216 g/mol. The zero-order chi connectivity index (χ0) is 12.3. The first-order chi connectivity index (χ1) is 8.20. The Labute approximate surface area is 99.3 Å². The maximum absolute atomic E-state index is 11.2. The van der Waals surface area contributed by atoms with Gasteiger partial charge in [0.2, 0.25) is 0 Å². The predicted octanol–water partition coefficient (Wildman–Crippen LogP) is 2.35. The Hall–Kier alpha value is -2.23. The van der Waals surface area contributed by atoms with Gasteiger partial charge in [0.15, 0.2) is 11.6 Å². The molecule has 0 spiro atoms. The van der Waals surface area contributed by atoms with Crippen LogP contribution in [0.25, 0.3) is 11.3 Å². The molecule has 0 unspecified atom stereocenters. The summed E-state index contributed by atoms with van der Waals surface area (Å²) in [6.45, 7) is 1.45. The fraction of sp³-hybridized carbons (Fsp3) is 0.154. The van der Waals surface area contributed by atoms with Crippen LogP contribution in [0.2, 0.25) is 0 Å². The van der Waals surface area contributed by atoms with E-state index >= 15 is 0 Å². The zero-order valence-corrected chi connectivity index (χ0v) is 9.68. The number of carbonyl (C=O) groups is 1. The molecule has 0 amide bonds. The van der Waals surface area contributed by atoms with E-state index in [1.807, 2.05) is 24.3 Å². The van der Waals surface area contributed by atoms with Crippen molar-refractivity contribution in [3.05, 3.63) is 42.4 Å². The lowest BCUT2D eigenvalue weighted by Crippen LogP contribution is -2.01. The van der Waals surface area contributed by atoms with Crippen LogP contribution in [-0.2, 0) is 0 Å². The monoisotopic (exact) mass is 228 g/mol. The lowest BCUT2D eigenvalue weighted by molar-refractivity contribution is 0.100. The van der Waals surface area contributed by atoms with Crippen LogP contribution in [0.15, 0.2) is 36.5 Å². The lowest BCUT2D eigenvalue weighted by Gasteiger charge is -2.04. The van der Waals surface area contributed by atoms with Gasteiger partial charge in [0, 0.05) is 18.7 Å². The highest BCUT2D eigenvalue weighted by atomic mass is 16.5. The summed E-state index contributed by atoms with van der Waals surface area (Å²) in [5.41, 5.74) is 1.61. The number of ketones is 1. The Morgan fingerprint density at radius 2 is 2.12 bits per heavy atom. The summed E-state index contributed by atoms with van der Waals surface area (Å²) in [5.74, 6) is 0.838. The Bertz CT molecular complexity index is 553. The molecule has 0 saturated heterocycles. The average molecular weight is 228 g/mol. The molecule has 86 valence electrons. The van der Waals surface area contributed by atoms with Crippen molar-refractivity contribution in [2.24, 2.45) is 0 Å². The van der Waals surface area contributed by atoms with E-state index in [0.717, 1.165) is 11.3 Å². The first-order valence-corrected chi connectivity index (χ1v) is 5.19. The second kappa shape index (κ2) is 4.74. The molecule has 2 aromatic rings. The number of benzene rings is 1. The summed E-state index contributed by atoms with van der Waals surface area (Å²) in [6.07, 6.45) is 1.58. The SMILES string of the molecule is COc1cccc(-c2ccnc(C(C)=O)n2)c1. The van der Waals surface area contributed by atoms with Crippen molar-refractivity contribution >= 4 is 5.78 Å². The Kier molecular flexibility index (Phi) is 3.14. The third-order valence-electron chi connectivity index (χ3n) is 2.34. The second-order valence-electron chi connectivity index (χ2n) is 3.55. The highest BCUT2D eigenvalue weighted by Crippen LogP contribution is 2.21. The van der Waals surface area contributed by atoms with E-state index in [0.29, 0.717) is 5.69 Å². The van der Waals surface area contributed by atoms with Crippen LogP contribution in [-0.4, -0.2) is 22.9 Å². The minimum atomic E-state index is -0.144. The van der Waals surface area contributed by atoms with E-state index in [4.69, 9.17) is 4.74 Å². The van der Waals surface area contributed by atoms with Gasteiger partial charge in [0.05, 0.1) is 12.8 Å². The molecular formula is C13H12N2O2. The minimum Gasteiger partial charge on any atom is -0.497 e. The molecule has 0 bridgehead atoms. The predicted molar refractivity (Wildman–Crippen MR) is 64.0 cm³/mol. The number of hydrogen-bond donors (Lipinski definition) is 0. The van der Waals surface area contributed by atoms with Gasteiger partial charge in [-0.1, -0.05) is 12.1 Å². The number of rotatable bonds is 3. The number of carbonyl (C=O) groups excluding carboxylic acids is 1. The molecule has 0 saturated carbocycles. The van der Waals surface area contributed by atoms with Crippen molar-refractivity contribution < 1.29 is 9.53 Å². The molecule has 0 aliphatic heterocycles. The van der Waals surface area contributed by atoms with Gasteiger partial charge in [0.1, 0.15) is 5.75 Å². The van der Waals surface area contributed by atoms with Crippen molar-refractivity contribution in [3.8, 4) is 17.0 Å². The molecule has 0 fully saturated rings. The molecule has 1 heterocycles. The van der Waals surface area contributed by atoms with Crippen LogP contribution < -0.4 is 4.74 Å². The maximum Gasteiger partial charge on any atom is 0.196 e. The van der Waals surface area contributed by atoms with Crippen LogP contribution >= 0.6 is 0 Å². The third kappa shape index (κ3) is 2.47. The van der Waals surface area contributed by atoms with Crippen LogP contribution in [0.5, 0.6) is 5.75 Å². The molecule has 2 rings (SSSR count). The number of Topliss-reactive ketones (excluding diaryl/α,β-unsaturated/α-hetero) is 1. The summed E-state index contributed by atoms with van der Waals surface area (Å²) in [4.78, 5) is 19.3. The first-order valence-electron chi connectivity index (χ1n) is 5.19. The van der Waals surface area contributed by atoms with Gasteiger partial charge in [-0.3, -0.25) is 4.79 Å². The van der Waals surface area contributed by atoms with Gasteiger partial charge < -0.3 is 4.74 Å². The van der Waals surface area contributed by atoms with E-state index in [-0.39, 0.29) is 11.6 Å². The molecule has 0 N–H and O–H groups in total. The fourth-order valence-corrected chi connectivity index (χ4v) is 1.47. The number of ether oxygens (including phenoxy) is 1. The molecule has 0 aliphatic carbocycles. The molecule has 0 aliphatic rings. The van der Waals surface area contributed by atoms with Gasteiger partial charge in [-0.2, -0.15) is 0 Å². The van der Waals surface area contributed by atoms with Crippen LogP contribution in [0.4, 0.5) is 0 Å². The number of aromatic nitrogens is 2. The van der Waals surface area contributed by atoms with Gasteiger partial charge in [-0.05, 0) is 18.2 Å². The summed E-state index contributed by atoms with van der Waals surface area (Å²) in [6, 6.07) is 9.28. The minimum absolute atomic E-state index is 0.144. The number of methoxy groups -OCH3 is 1. The topological polar surface area (TPSA) is 52.1 Å². The summed E-state index contributed by atoms with van der Waals surface area (Å²) in [5, 5.41) is 0. The van der Waals surface area contributed by atoms with Gasteiger partial charge in [-0.25, -0.2) is 9.97 Å². The van der Waals surface area contributed by atoms with Crippen LogP contribution in [0.3, 0.4) is 0 Å². The number of hydrogen-bond acceptors (Lipinski definition) is 4. The van der Waals surface area contributed by atoms with Crippen LogP contribution in [0, 0.1) is 0 Å². The van der Waals surface area contributed by atoms with E-state index in [9.17, 15) is 4.79 Å². The van der Waals surface area contributed by atoms with Crippen molar-refractivity contribution in [2.45, 2.75) is 6.92 Å². The fourth-order valence-electron chi connectivity index (χ4n) is 1.47. The normalized spacial score (nSPS) is 10.0. The molecule has 4 heteroatoms. The van der Waals surface area contributed by atoms with Gasteiger partial charge >= 0.3 is 0 Å². The molecule has 1 aromatic carbocycles. The van der Waals surface area contributed by atoms with Gasteiger partial charge in [-0.15, -0.1) is 0 Å². The largest absolute Gasteiger partial charge is 0.497 e. The van der Waals surface area contributed by atoms with E-state index in [1.54, 1.807) is 19.4 Å². The smallest absolute Gasteiger partial charge is 0.196 e. The van der Waals surface area contributed by atoms with E-state index in [1.165, 1.54) is 6.92 Å². The van der Waals surface area contributed by atoms with Crippen molar-refractivity contribution in [1.29, 1.82) is 0 Å². The summed E-state index contributed by atoms with van der Waals surface area (Å²) >= 11 is 0. The molecule has 4 nitrogen and oxygen atoms in total. The molecule has 17 heavy (non-hydrogen) atoms. The van der Waals surface area contributed by atoms with Crippen LogP contribution in [0.1, 0.15) is 17.5 Å². The van der Waals surface area contributed by atoms with E-state index in [2.05, 4.69) is 9.97 Å². The molecule has 0 atom stereocenters. The lowest BCUT2D eigenvalue weighted by atomic mass is 10.1. The highest BCUT2D eigenvalue weighted by Gasteiger charge is 2.06. The zero-order valence-electron chi connectivity index (χ0n) is 9.68. The number of nitrogens with zero attached hydrogens (tertiary/aromatic N) is 2. The van der Waals surface area contributed by atoms with Crippen molar-refractivity contribution in [2.75, 3.05) is 7.11 Å². The van der Waals surface area contributed by atoms with E-state index < -0.39 is 0 Å². The molecule has 0 radical (unpaired) electrons. The average Bonchev–Trinajstić information content (AvgIpc) is 2.39. The Morgan fingerprint density at radius 3 is 2.82 bits per heavy atom. The first kappa shape index (κ1) is 11.3. The van der Waals surface area contributed by atoms with Crippen molar-refractivity contribution in [1.82, 2.24) is 9.97 Å². The Morgan fingerprint density at radius 1 is 1.29 bits per heavy atom. The maximum atomic E-state index is 11.2. The second-order valence-corrected chi connectivity index (χ2v) is 3.55. The standard InChI is InChI=1S/C13H12N2O2/c1-9(16)13-14-7-6-12(15-13)10-4-3-5-11(8-10)17-2/h3-8H,1-2H3.